The minimum Gasteiger partial charge on any atom is -0.392 e. The molecule has 2 rings (SSSR count). The SMILES string of the molecule is Nc1nc(N[C@@H]2C=C(CO)[C@@H](O)[C@H]2O)c([N+](=O)[O-])c(=O)[nH]1. The molecule has 0 aromatic carbocycles. The normalized spacial score (nSPS) is 24.7. The first-order valence-electron chi connectivity index (χ1n) is 5.83. The summed E-state index contributed by atoms with van der Waals surface area (Å²) in [5.74, 6) is -0.777. The van der Waals surface area contributed by atoms with E-state index >= 15 is 0 Å². The summed E-state index contributed by atoms with van der Waals surface area (Å²) in [7, 11) is 0. The second-order valence-corrected chi connectivity index (χ2v) is 4.41. The third-order valence-electron chi connectivity index (χ3n) is 3.05. The Morgan fingerprint density at radius 3 is 2.71 bits per heavy atom. The summed E-state index contributed by atoms with van der Waals surface area (Å²) < 4.78 is 0. The number of rotatable bonds is 4. The topological polar surface area (TPSA) is 188 Å². The highest BCUT2D eigenvalue weighted by molar-refractivity contribution is 5.58. The monoisotopic (exact) mass is 299 g/mol. The molecule has 21 heavy (non-hydrogen) atoms. The van der Waals surface area contributed by atoms with E-state index in [1.807, 2.05) is 4.98 Å². The molecular formula is C10H13N5O6. The average molecular weight is 299 g/mol. The number of nitrogens with two attached hydrogens (primary N) is 1. The van der Waals surface area contributed by atoms with E-state index in [0.717, 1.165) is 0 Å². The fraction of sp³-hybridized carbons (Fsp3) is 0.400. The smallest absolute Gasteiger partial charge is 0.375 e. The fourth-order valence-electron chi connectivity index (χ4n) is 2.03. The number of nitrogen functional groups attached to an aromatic ring is 1. The zero-order chi connectivity index (χ0) is 15.7. The number of anilines is 2. The second-order valence-electron chi connectivity index (χ2n) is 4.41. The van der Waals surface area contributed by atoms with Crippen LogP contribution in [0.1, 0.15) is 0 Å². The molecule has 11 nitrogen and oxygen atoms in total. The molecule has 0 saturated carbocycles. The van der Waals surface area contributed by atoms with Crippen molar-refractivity contribution in [2.24, 2.45) is 0 Å². The summed E-state index contributed by atoms with van der Waals surface area (Å²) in [5, 5.41) is 41.8. The molecule has 0 bridgehead atoms. The predicted molar refractivity (Wildman–Crippen MR) is 70.5 cm³/mol. The van der Waals surface area contributed by atoms with E-state index in [1.165, 1.54) is 6.08 Å². The molecule has 1 aliphatic carbocycles. The van der Waals surface area contributed by atoms with Crippen LogP contribution < -0.4 is 16.6 Å². The van der Waals surface area contributed by atoms with Gasteiger partial charge in [-0.15, -0.1) is 0 Å². The van der Waals surface area contributed by atoms with Crippen LogP contribution in [-0.2, 0) is 0 Å². The van der Waals surface area contributed by atoms with Crippen molar-refractivity contribution < 1.29 is 20.2 Å². The zero-order valence-electron chi connectivity index (χ0n) is 10.6. The molecule has 114 valence electrons. The van der Waals surface area contributed by atoms with E-state index in [1.54, 1.807) is 0 Å². The van der Waals surface area contributed by atoms with Gasteiger partial charge < -0.3 is 26.4 Å². The second kappa shape index (κ2) is 5.47. The van der Waals surface area contributed by atoms with Crippen LogP contribution in [0, 0.1) is 10.1 Å². The molecule has 11 heteroatoms. The maximum atomic E-state index is 11.5. The Morgan fingerprint density at radius 1 is 1.52 bits per heavy atom. The molecule has 0 fully saturated rings. The number of nitro groups is 1. The molecule has 7 N–H and O–H groups in total. The Hall–Kier alpha value is -2.50. The van der Waals surface area contributed by atoms with Crippen molar-refractivity contribution >= 4 is 17.5 Å². The van der Waals surface area contributed by atoms with Gasteiger partial charge in [0.1, 0.15) is 12.2 Å². The number of hydrogen-bond donors (Lipinski definition) is 6. The molecular weight excluding hydrogens is 286 g/mol. The summed E-state index contributed by atoms with van der Waals surface area (Å²) in [5.41, 5.74) is 3.56. The molecule has 0 amide bonds. The number of aromatic amines is 1. The lowest BCUT2D eigenvalue weighted by molar-refractivity contribution is -0.385. The van der Waals surface area contributed by atoms with Crippen molar-refractivity contribution in [1.82, 2.24) is 9.97 Å². The summed E-state index contributed by atoms with van der Waals surface area (Å²) in [6.45, 7) is -0.483. The van der Waals surface area contributed by atoms with Crippen LogP contribution in [0.2, 0.25) is 0 Å². The summed E-state index contributed by atoms with van der Waals surface area (Å²) in [6, 6.07) is -0.963. The van der Waals surface area contributed by atoms with Gasteiger partial charge in [-0.2, -0.15) is 4.98 Å². The zero-order valence-corrected chi connectivity index (χ0v) is 10.6. The number of aromatic nitrogens is 2. The molecule has 0 saturated heterocycles. The van der Waals surface area contributed by atoms with E-state index < -0.39 is 46.8 Å². The van der Waals surface area contributed by atoms with Gasteiger partial charge in [0.15, 0.2) is 0 Å². The molecule has 0 unspecified atom stereocenters. The summed E-state index contributed by atoms with van der Waals surface area (Å²) in [6.07, 6.45) is -1.36. The first-order chi connectivity index (χ1) is 9.85. The highest BCUT2D eigenvalue weighted by atomic mass is 16.6. The molecule has 0 aliphatic heterocycles. The van der Waals surface area contributed by atoms with Gasteiger partial charge in [-0.05, 0) is 5.57 Å². The third-order valence-corrected chi connectivity index (χ3v) is 3.05. The molecule has 1 aromatic rings. The lowest BCUT2D eigenvalue weighted by Gasteiger charge is -2.18. The molecule has 0 spiro atoms. The van der Waals surface area contributed by atoms with Crippen LogP contribution in [0.4, 0.5) is 17.5 Å². The van der Waals surface area contributed by atoms with Crippen LogP contribution in [0.15, 0.2) is 16.4 Å². The number of H-pyrrole nitrogens is 1. The van der Waals surface area contributed by atoms with Crippen LogP contribution in [0.5, 0.6) is 0 Å². The standard InChI is InChI=1S/C10H13N5O6/c11-10-13-8(5(15(20)21)9(19)14-10)12-4-1-3(2-16)6(17)7(4)18/h1,4,6-7,16-18H,2H2,(H4,11,12,13,14,19)/t4-,6-,7+/m1/s1. The van der Waals surface area contributed by atoms with Crippen LogP contribution >= 0.6 is 0 Å². The van der Waals surface area contributed by atoms with Crippen LogP contribution in [0.25, 0.3) is 0 Å². The van der Waals surface area contributed by atoms with E-state index in [-0.39, 0.29) is 11.5 Å². The van der Waals surface area contributed by atoms with Gasteiger partial charge in [0.2, 0.25) is 11.8 Å². The Morgan fingerprint density at radius 2 is 2.19 bits per heavy atom. The molecule has 0 radical (unpaired) electrons. The fourth-order valence-corrected chi connectivity index (χ4v) is 2.03. The molecule has 1 aromatic heterocycles. The Balaban J connectivity index is 2.39. The van der Waals surface area contributed by atoms with E-state index in [2.05, 4.69) is 10.3 Å². The molecule has 1 heterocycles. The minimum absolute atomic E-state index is 0.153. The van der Waals surface area contributed by atoms with Crippen molar-refractivity contribution in [3.63, 3.8) is 0 Å². The van der Waals surface area contributed by atoms with Gasteiger partial charge in [-0.25, -0.2) is 0 Å². The van der Waals surface area contributed by atoms with Crippen LogP contribution in [-0.4, -0.2) is 55.1 Å². The summed E-state index contributed by atoms with van der Waals surface area (Å²) >= 11 is 0. The lowest BCUT2D eigenvalue weighted by atomic mass is 10.1. The maximum Gasteiger partial charge on any atom is 0.375 e. The van der Waals surface area contributed by atoms with Crippen molar-refractivity contribution in [3.05, 3.63) is 32.1 Å². The van der Waals surface area contributed by atoms with Gasteiger partial charge in [0.25, 0.3) is 0 Å². The van der Waals surface area contributed by atoms with Crippen molar-refractivity contribution in [3.8, 4) is 0 Å². The first-order valence-corrected chi connectivity index (χ1v) is 5.83. The predicted octanol–water partition coefficient (Wildman–Crippen LogP) is -2.31. The van der Waals surface area contributed by atoms with E-state index in [4.69, 9.17) is 10.8 Å². The first kappa shape index (κ1) is 14.9. The van der Waals surface area contributed by atoms with Gasteiger partial charge in [-0.1, -0.05) is 6.08 Å². The average Bonchev–Trinajstić information content (AvgIpc) is 2.65. The van der Waals surface area contributed by atoms with E-state index in [0.29, 0.717) is 0 Å². The minimum atomic E-state index is -1.35. The summed E-state index contributed by atoms with van der Waals surface area (Å²) in [4.78, 5) is 27.1. The van der Waals surface area contributed by atoms with Gasteiger partial charge in [0.05, 0.1) is 17.6 Å². The Bertz CT molecular complexity index is 656. The highest BCUT2D eigenvalue weighted by Gasteiger charge is 2.36. The Kier molecular flexibility index (Phi) is 3.88. The number of aliphatic hydroxyl groups excluding tert-OH is 3. The van der Waals surface area contributed by atoms with Gasteiger partial charge >= 0.3 is 11.2 Å². The van der Waals surface area contributed by atoms with Gasteiger partial charge in [-0.3, -0.25) is 19.9 Å². The highest BCUT2D eigenvalue weighted by Crippen LogP contribution is 2.25. The number of nitrogens with zero attached hydrogens (tertiary/aromatic N) is 2. The lowest BCUT2D eigenvalue weighted by Crippen LogP contribution is -2.37. The van der Waals surface area contributed by atoms with Crippen molar-refractivity contribution in [2.75, 3.05) is 17.7 Å². The van der Waals surface area contributed by atoms with Gasteiger partial charge in [0, 0.05) is 0 Å². The maximum absolute atomic E-state index is 11.5. The van der Waals surface area contributed by atoms with Crippen molar-refractivity contribution in [1.29, 1.82) is 0 Å². The number of aliphatic hydroxyl groups is 3. The van der Waals surface area contributed by atoms with Crippen LogP contribution in [0.3, 0.4) is 0 Å². The van der Waals surface area contributed by atoms with Crippen molar-refractivity contribution in [2.45, 2.75) is 18.2 Å². The molecule has 1 aliphatic rings. The molecule has 3 atom stereocenters. The largest absolute Gasteiger partial charge is 0.392 e. The van der Waals surface area contributed by atoms with E-state index in [9.17, 15) is 25.1 Å². The Labute approximate surface area is 116 Å². The number of nitrogens with one attached hydrogen (secondary N) is 2. The quantitative estimate of drug-likeness (QED) is 0.202. The third kappa shape index (κ3) is 2.69. The number of hydrogen-bond acceptors (Lipinski definition) is 9.